The quantitative estimate of drug-likeness (QED) is 0.403. The number of hydrogen-bond donors (Lipinski definition) is 0. The predicted octanol–water partition coefficient (Wildman–Crippen LogP) is 7.73. The van der Waals surface area contributed by atoms with E-state index in [9.17, 15) is 0 Å². The van der Waals surface area contributed by atoms with E-state index in [2.05, 4.69) is 65.2 Å². The number of allylic oxidation sites excluding steroid dienone is 6. The Morgan fingerprint density at radius 1 is 0.667 bits per heavy atom. The van der Waals surface area contributed by atoms with Crippen LogP contribution in [0.15, 0.2) is 70.9 Å². The molecule has 0 aromatic carbocycles. The second-order valence-electron chi connectivity index (χ2n) is 10.6. The van der Waals surface area contributed by atoms with Crippen LogP contribution >= 0.6 is 0 Å². The first kappa shape index (κ1) is 24.4. The molecule has 0 amide bonds. The summed E-state index contributed by atoms with van der Waals surface area (Å²) in [5.74, 6) is 0.549. The third-order valence-corrected chi connectivity index (χ3v) is 7.82. The maximum atomic E-state index is 6.46. The fourth-order valence-electron chi connectivity index (χ4n) is 5.57. The molecule has 2 aliphatic heterocycles. The molecule has 4 aliphatic rings. The van der Waals surface area contributed by atoms with Crippen molar-refractivity contribution in [2.24, 2.45) is 11.8 Å². The van der Waals surface area contributed by atoms with Gasteiger partial charge in [-0.1, -0.05) is 59.8 Å². The van der Waals surface area contributed by atoms with Gasteiger partial charge in [-0.3, -0.25) is 0 Å². The molecule has 2 saturated heterocycles. The highest BCUT2D eigenvalue weighted by atomic mass is 16.8. The molecular weight excluding hydrogens is 408 g/mol. The lowest BCUT2D eigenvalue weighted by Crippen LogP contribution is -2.24. The average molecular weight is 451 g/mol. The molecule has 2 heterocycles. The van der Waals surface area contributed by atoms with Gasteiger partial charge >= 0.3 is 0 Å². The molecule has 3 nitrogen and oxygen atoms in total. The lowest BCUT2D eigenvalue weighted by atomic mass is 9.87. The maximum absolute atomic E-state index is 6.46. The summed E-state index contributed by atoms with van der Waals surface area (Å²) in [6, 6.07) is 0. The maximum Gasteiger partial charge on any atom is 0.184 e. The minimum absolute atomic E-state index is 0.0266. The Labute approximate surface area is 201 Å². The van der Waals surface area contributed by atoms with E-state index in [1.165, 1.54) is 22.3 Å². The van der Waals surface area contributed by atoms with Crippen LogP contribution in [0.2, 0.25) is 0 Å². The molecule has 0 aromatic rings. The van der Waals surface area contributed by atoms with Crippen molar-refractivity contribution in [2.75, 3.05) is 0 Å². The zero-order chi connectivity index (χ0) is 23.5. The summed E-state index contributed by atoms with van der Waals surface area (Å²) in [5.41, 5.74) is 7.75. The summed E-state index contributed by atoms with van der Waals surface area (Å²) in [4.78, 5) is 0. The van der Waals surface area contributed by atoms with Crippen molar-refractivity contribution in [1.29, 1.82) is 0 Å². The highest BCUT2D eigenvalue weighted by Gasteiger charge is 2.44. The van der Waals surface area contributed by atoms with E-state index in [1.807, 2.05) is 0 Å². The largest absolute Gasteiger partial charge is 0.341 e. The van der Waals surface area contributed by atoms with Gasteiger partial charge in [-0.25, -0.2) is 0 Å². The van der Waals surface area contributed by atoms with Crippen molar-refractivity contribution in [3.05, 3.63) is 70.9 Å². The summed E-state index contributed by atoms with van der Waals surface area (Å²) in [5, 5.41) is 0. The zero-order valence-corrected chi connectivity index (χ0v) is 21.1. The third-order valence-electron chi connectivity index (χ3n) is 7.82. The van der Waals surface area contributed by atoms with Crippen molar-refractivity contribution in [3.63, 3.8) is 0 Å². The number of rotatable bonds is 2. The smallest absolute Gasteiger partial charge is 0.184 e. The Balaban J connectivity index is 1.48. The molecule has 0 radical (unpaired) electrons. The van der Waals surface area contributed by atoms with Gasteiger partial charge in [0.25, 0.3) is 0 Å². The fourth-order valence-corrected chi connectivity index (χ4v) is 5.57. The molecule has 2 aliphatic carbocycles. The minimum Gasteiger partial charge on any atom is -0.341 e. The molecule has 0 unspecified atom stereocenters. The Morgan fingerprint density at radius 2 is 1.09 bits per heavy atom. The topological polar surface area (TPSA) is 27.7 Å². The molecule has 0 aromatic heterocycles. The summed E-state index contributed by atoms with van der Waals surface area (Å²) in [6.07, 6.45) is 17.1. The lowest BCUT2D eigenvalue weighted by Gasteiger charge is -2.20. The molecule has 0 spiro atoms. The van der Waals surface area contributed by atoms with Gasteiger partial charge in [-0.2, -0.15) is 0 Å². The first-order valence-corrected chi connectivity index (χ1v) is 12.8. The number of ether oxygens (including phenoxy) is 3. The monoisotopic (exact) mass is 450 g/mol. The van der Waals surface area contributed by atoms with Crippen LogP contribution < -0.4 is 0 Å². The number of fused-ring (bicyclic) bond motifs is 2. The van der Waals surface area contributed by atoms with E-state index < -0.39 is 12.6 Å². The highest BCUT2D eigenvalue weighted by molar-refractivity contribution is 5.23. The normalized spacial score (nSPS) is 42.5. The van der Waals surface area contributed by atoms with Gasteiger partial charge in [0.2, 0.25) is 0 Å². The fraction of sp³-hybridized carbons (Fsp3) is 0.600. The average Bonchev–Trinajstić information content (AvgIpc) is 3.20. The highest BCUT2D eigenvalue weighted by Crippen LogP contribution is 2.42. The van der Waals surface area contributed by atoms with E-state index in [-0.39, 0.29) is 24.0 Å². The zero-order valence-electron chi connectivity index (χ0n) is 21.1. The Bertz CT molecular complexity index is 814. The molecule has 33 heavy (non-hydrogen) atoms. The van der Waals surface area contributed by atoms with Crippen molar-refractivity contribution >= 4 is 0 Å². The summed E-state index contributed by atoms with van der Waals surface area (Å²) in [6.45, 7) is 17.7. The van der Waals surface area contributed by atoms with Crippen molar-refractivity contribution in [1.82, 2.24) is 0 Å². The Kier molecular flexibility index (Phi) is 7.94. The molecule has 180 valence electrons. The molecule has 6 atom stereocenters. The van der Waals surface area contributed by atoms with Crippen LogP contribution in [-0.4, -0.2) is 24.8 Å². The summed E-state index contributed by atoms with van der Waals surface area (Å²) in [7, 11) is 0. The first-order valence-electron chi connectivity index (χ1n) is 12.8. The summed E-state index contributed by atoms with van der Waals surface area (Å²) >= 11 is 0. The van der Waals surface area contributed by atoms with Gasteiger partial charge in [0, 0.05) is 11.8 Å². The molecule has 0 bridgehead atoms. The van der Waals surface area contributed by atoms with E-state index in [0.29, 0.717) is 0 Å². The minimum atomic E-state index is -0.447. The lowest BCUT2D eigenvalue weighted by molar-refractivity contribution is -0.204. The van der Waals surface area contributed by atoms with E-state index >= 15 is 0 Å². The van der Waals surface area contributed by atoms with Crippen LogP contribution in [0.1, 0.15) is 79.1 Å². The first-order chi connectivity index (χ1) is 15.8. The van der Waals surface area contributed by atoms with Crippen LogP contribution in [0.25, 0.3) is 0 Å². The summed E-state index contributed by atoms with van der Waals surface area (Å²) < 4.78 is 19.3. The van der Waals surface area contributed by atoms with E-state index in [4.69, 9.17) is 14.2 Å². The van der Waals surface area contributed by atoms with Gasteiger partial charge < -0.3 is 14.2 Å². The van der Waals surface area contributed by atoms with E-state index in [1.54, 1.807) is 0 Å². The predicted molar refractivity (Wildman–Crippen MR) is 136 cm³/mol. The van der Waals surface area contributed by atoms with Crippen molar-refractivity contribution in [3.8, 4) is 0 Å². The van der Waals surface area contributed by atoms with Crippen LogP contribution in [0, 0.1) is 11.8 Å². The standard InChI is InChI=1S/C30H42O3/c1-19-9-7-11-21(3)17-27-25(15-13-19)23(5)29(31-27)33-30-24(6)26-16-14-20(2)10-8-12-22(4)18-28(26)32-30/h9-10,17-18,25-30H,5-8,11-16H2,1-4H3/b19-9-,20-10-,21-17-,22-18-/t25-,26-,27+,28+,29+,30+/m0/s1. The number of hydrogen-bond acceptors (Lipinski definition) is 3. The van der Waals surface area contributed by atoms with Gasteiger partial charge in [0.1, 0.15) is 0 Å². The third kappa shape index (κ3) is 5.88. The van der Waals surface area contributed by atoms with Gasteiger partial charge in [0.05, 0.1) is 12.2 Å². The second-order valence-corrected chi connectivity index (χ2v) is 10.6. The molecule has 2 fully saturated rings. The Morgan fingerprint density at radius 3 is 1.52 bits per heavy atom. The molecule has 0 saturated carbocycles. The van der Waals surface area contributed by atoms with Crippen LogP contribution in [0.3, 0.4) is 0 Å². The van der Waals surface area contributed by atoms with Gasteiger partial charge in [-0.05, 0) is 90.2 Å². The molecule has 3 heteroatoms. The van der Waals surface area contributed by atoms with Crippen LogP contribution in [0.5, 0.6) is 0 Å². The SMILES string of the molecule is C=C1[C@@H](O[C@H]2O[C@@H]3/C=C(/C)CC/C=C(/C)CC[C@H]3C2=C)O[C@@H]2/C=C(/C)CC/C=C(/C)CC[C@@H]12. The van der Waals surface area contributed by atoms with Gasteiger partial charge in [-0.15, -0.1) is 0 Å². The molecular formula is C30H42O3. The van der Waals surface area contributed by atoms with Crippen molar-refractivity contribution in [2.45, 2.75) is 104 Å². The van der Waals surface area contributed by atoms with Crippen LogP contribution in [0.4, 0.5) is 0 Å². The second kappa shape index (κ2) is 10.7. The Hall–Kier alpha value is -1.68. The molecule has 0 N–H and O–H groups in total. The molecule has 4 rings (SSSR count). The van der Waals surface area contributed by atoms with E-state index in [0.717, 1.165) is 62.5 Å². The van der Waals surface area contributed by atoms with Crippen molar-refractivity contribution < 1.29 is 14.2 Å². The van der Waals surface area contributed by atoms with Crippen LogP contribution in [-0.2, 0) is 14.2 Å². The van der Waals surface area contributed by atoms with Gasteiger partial charge in [0.15, 0.2) is 12.6 Å².